The van der Waals surface area contributed by atoms with E-state index in [-0.39, 0.29) is 0 Å². The molecule has 0 aliphatic carbocycles. The van der Waals surface area contributed by atoms with Gasteiger partial charge in [0.1, 0.15) is 10.9 Å². The number of aromatic nitrogens is 2. The number of ether oxygens (including phenoxy) is 1. The monoisotopic (exact) mass is 286 g/mol. The number of halogens is 2. The van der Waals surface area contributed by atoms with Crippen molar-refractivity contribution >= 4 is 27.5 Å². The van der Waals surface area contributed by atoms with Crippen LogP contribution in [-0.4, -0.2) is 9.55 Å². The molecule has 15 heavy (non-hydrogen) atoms. The Labute approximate surface area is 101 Å². The zero-order valence-corrected chi connectivity index (χ0v) is 10.3. The molecule has 2 aromatic rings. The molecule has 0 saturated carbocycles. The van der Waals surface area contributed by atoms with Gasteiger partial charge >= 0.3 is 6.01 Å². The number of imidazole rings is 1. The van der Waals surface area contributed by atoms with Crippen molar-refractivity contribution in [3.8, 4) is 11.8 Å². The van der Waals surface area contributed by atoms with Crippen molar-refractivity contribution in [3.63, 3.8) is 0 Å². The molecule has 2 rings (SSSR count). The Morgan fingerprint density at radius 3 is 2.87 bits per heavy atom. The molecule has 5 heteroatoms. The molecule has 0 unspecified atom stereocenters. The molecule has 0 saturated heterocycles. The molecule has 0 N–H and O–H groups in total. The molecule has 3 nitrogen and oxygen atoms in total. The maximum absolute atomic E-state index is 5.84. The topological polar surface area (TPSA) is 27.1 Å². The van der Waals surface area contributed by atoms with Gasteiger partial charge in [0, 0.05) is 11.5 Å². The lowest BCUT2D eigenvalue weighted by Gasteiger charge is -2.05. The normalized spacial score (nSPS) is 10.3. The maximum Gasteiger partial charge on any atom is 0.302 e. The Morgan fingerprint density at radius 2 is 2.27 bits per heavy atom. The van der Waals surface area contributed by atoms with Crippen LogP contribution in [0.2, 0.25) is 5.15 Å². The number of nitrogens with zero attached hydrogens (tertiary/aromatic N) is 2. The Kier molecular flexibility index (Phi) is 2.98. The van der Waals surface area contributed by atoms with Gasteiger partial charge in [-0.3, -0.25) is 4.57 Å². The molecule has 78 valence electrons. The van der Waals surface area contributed by atoms with E-state index in [4.69, 9.17) is 16.3 Å². The van der Waals surface area contributed by atoms with Crippen LogP contribution in [-0.2, 0) is 7.05 Å². The highest BCUT2D eigenvalue weighted by Crippen LogP contribution is 2.24. The lowest BCUT2D eigenvalue weighted by Crippen LogP contribution is -1.94. The Balaban J connectivity index is 2.26. The van der Waals surface area contributed by atoms with E-state index >= 15 is 0 Å². The minimum atomic E-state index is 0.470. The second-order valence-corrected chi connectivity index (χ2v) is 4.28. The molecule has 0 bridgehead atoms. The first kappa shape index (κ1) is 10.5. The first-order valence-corrected chi connectivity index (χ1v) is 5.44. The van der Waals surface area contributed by atoms with Crippen LogP contribution in [0.4, 0.5) is 0 Å². The summed E-state index contributed by atoms with van der Waals surface area (Å²) in [4.78, 5) is 4.03. The molecule has 0 radical (unpaired) electrons. The zero-order chi connectivity index (χ0) is 10.8. The third-order valence-corrected chi connectivity index (χ3v) is 2.74. The Morgan fingerprint density at radius 1 is 1.47 bits per heavy atom. The van der Waals surface area contributed by atoms with E-state index in [1.807, 2.05) is 24.3 Å². The number of hydrogen-bond acceptors (Lipinski definition) is 2. The van der Waals surface area contributed by atoms with Crippen LogP contribution in [0.25, 0.3) is 0 Å². The van der Waals surface area contributed by atoms with Gasteiger partial charge < -0.3 is 4.74 Å². The summed E-state index contributed by atoms with van der Waals surface area (Å²) in [5, 5.41) is 0.542. The molecule has 1 aromatic heterocycles. The van der Waals surface area contributed by atoms with Gasteiger partial charge in [0.2, 0.25) is 0 Å². The van der Waals surface area contributed by atoms with Gasteiger partial charge in [-0.2, -0.15) is 0 Å². The van der Waals surface area contributed by atoms with Gasteiger partial charge in [0.15, 0.2) is 0 Å². The predicted octanol–water partition coefficient (Wildman–Crippen LogP) is 3.63. The van der Waals surface area contributed by atoms with E-state index < -0.39 is 0 Å². The molecule has 0 aliphatic heterocycles. The fourth-order valence-corrected chi connectivity index (χ4v) is 1.60. The molecule has 0 aliphatic rings. The molecule has 0 fully saturated rings. The molecular formula is C10H8BrClN2O. The van der Waals surface area contributed by atoms with E-state index in [0.29, 0.717) is 11.2 Å². The summed E-state index contributed by atoms with van der Waals surface area (Å²) in [7, 11) is 1.79. The molecule has 1 aromatic carbocycles. The summed E-state index contributed by atoms with van der Waals surface area (Å²) in [5.74, 6) is 0.717. The quantitative estimate of drug-likeness (QED) is 0.843. The fourth-order valence-electron chi connectivity index (χ4n) is 1.10. The van der Waals surface area contributed by atoms with Crippen LogP contribution in [0, 0.1) is 0 Å². The second kappa shape index (κ2) is 4.24. The SMILES string of the molecule is Cn1c(Cl)cnc1Oc1cccc(Br)c1. The number of rotatable bonds is 2. The van der Waals surface area contributed by atoms with Crippen LogP contribution < -0.4 is 4.74 Å². The smallest absolute Gasteiger partial charge is 0.302 e. The first-order chi connectivity index (χ1) is 7.16. The summed E-state index contributed by atoms with van der Waals surface area (Å²) in [6.07, 6.45) is 1.55. The highest BCUT2D eigenvalue weighted by atomic mass is 79.9. The van der Waals surface area contributed by atoms with Gasteiger partial charge in [-0.15, -0.1) is 0 Å². The van der Waals surface area contributed by atoms with Crippen LogP contribution in [0.5, 0.6) is 11.8 Å². The average Bonchev–Trinajstić information content (AvgIpc) is 2.50. The summed E-state index contributed by atoms with van der Waals surface area (Å²) in [6, 6.07) is 8.01. The van der Waals surface area contributed by atoms with E-state index in [0.717, 1.165) is 10.2 Å². The van der Waals surface area contributed by atoms with Gasteiger partial charge in [0.05, 0.1) is 6.20 Å². The largest absolute Gasteiger partial charge is 0.425 e. The van der Waals surface area contributed by atoms with Crippen molar-refractivity contribution in [2.45, 2.75) is 0 Å². The van der Waals surface area contributed by atoms with Crippen molar-refractivity contribution in [2.24, 2.45) is 7.05 Å². The number of benzene rings is 1. The van der Waals surface area contributed by atoms with Crippen molar-refractivity contribution < 1.29 is 4.74 Å². The lowest BCUT2D eigenvalue weighted by atomic mass is 10.3. The first-order valence-electron chi connectivity index (χ1n) is 4.27. The van der Waals surface area contributed by atoms with Gasteiger partial charge in [-0.1, -0.05) is 33.6 Å². The molecule has 1 heterocycles. The van der Waals surface area contributed by atoms with Crippen molar-refractivity contribution in [2.75, 3.05) is 0 Å². The van der Waals surface area contributed by atoms with E-state index in [2.05, 4.69) is 20.9 Å². The van der Waals surface area contributed by atoms with Crippen molar-refractivity contribution in [1.82, 2.24) is 9.55 Å². The summed E-state index contributed by atoms with van der Waals surface area (Å²) < 4.78 is 8.18. The van der Waals surface area contributed by atoms with Crippen LogP contribution in [0.15, 0.2) is 34.9 Å². The minimum Gasteiger partial charge on any atom is -0.425 e. The summed E-state index contributed by atoms with van der Waals surface area (Å²) >= 11 is 9.20. The summed E-state index contributed by atoms with van der Waals surface area (Å²) in [6.45, 7) is 0. The highest BCUT2D eigenvalue weighted by molar-refractivity contribution is 9.10. The highest BCUT2D eigenvalue weighted by Gasteiger charge is 2.06. The molecular weight excluding hydrogens is 279 g/mol. The molecule has 0 atom stereocenters. The zero-order valence-electron chi connectivity index (χ0n) is 7.95. The van der Waals surface area contributed by atoms with Gasteiger partial charge in [0.25, 0.3) is 0 Å². The van der Waals surface area contributed by atoms with E-state index in [9.17, 15) is 0 Å². The van der Waals surface area contributed by atoms with Crippen LogP contribution >= 0.6 is 27.5 Å². The lowest BCUT2D eigenvalue weighted by molar-refractivity contribution is 0.425. The maximum atomic E-state index is 5.84. The molecule has 0 amide bonds. The summed E-state index contributed by atoms with van der Waals surface area (Å²) in [5.41, 5.74) is 0. The predicted molar refractivity (Wildman–Crippen MR) is 62.4 cm³/mol. The molecule has 0 spiro atoms. The van der Waals surface area contributed by atoms with Crippen molar-refractivity contribution in [1.29, 1.82) is 0 Å². The van der Waals surface area contributed by atoms with Crippen molar-refractivity contribution in [3.05, 3.63) is 40.1 Å². The third kappa shape index (κ3) is 2.33. The standard InChI is InChI=1S/C10H8BrClN2O/c1-14-9(12)6-13-10(14)15-8-4-2-3-7(11)5-8/h2-6H,1H3. The average molecular weight is 288 g/mol. The van der Waals surface area contributed by atoms with Gasteiger partial charge in [-0.05, 0) is 18.2 Å². The second-order valence-electron chi connectivity index (χ2n) is 2.98. The van der Waals surface area contributed by atoms with Gasteiger partial charge in [-0.25, -0.2) is 4.98 Å². The third-order valence-electron chi connectivity index (χ3n) is 1.89. The minimum absolute atomic E-state index is 0.470. The van der Waals surface area contributed by atoms with E-state index in [1.165, 1.54) is 0 Å². The fraction of sp³-hybridized carbons (Fsp3) is 0.100. The Bertz CT molecular complexity index is 484. The Hall–Kier alpha value is -1.000. The van der Waals surface area contributed by atoms with Crippen LogP contribution in [0.1, 0.15) is 0 Å². The van der Waals surface area contributed by atoms with E-state index in [1.54, 1.807) is 17.8 Å². The van der Waals surface area contributed by atoms with Crippen LogP contribution in [0.3, 0.4) is 0 Å². The number of hydrogen-bond donors (Lipinski definition) is 0.